The molecule has 1 saturated carbocycles. The number of hydrogen-bond acceptors (Lipinski definition) is 7. The van der Waals surface area contributed by atoms with Gasteiger partial charge in [0.1, 0.15) is 11.5 Å². The predicted octanol–water partition coefficient (Wildman–Crippen LogP) is 6.54. The van der Waals surface area contributed by atoms with Crippen LogP contribution in [-0.4, -0.2) is 23.5 Å². The quantitative estimate of drug-likeness (QED) is 0.176. The molecule has 0 saturated heterocycles. The number of fused-ring (bicyclic) bond motifs is 1. The van der Waals surface area contributed by atoms with Crippen LogP contribution in [0.4, 0.5) is 5.69 Å². The molecule has 1 fully saturated rings. The largest absolute Gasteiger partial charge is 0.507 e. The van der Waals surface area contributed by atoms with E-state index < -0.39 is 21.1 Å². The van der Waals surface area contributed by atoms with Gasteiger partial charge >= 0.3 is 5.63 Å². The molecular formula is C34H33N3O5S. The molecule has 2 N–H and O–H groups in total. The molecule has 220 valence electrons. The molecule has 6 rings (SSSR count). The molecule has 0 spiro atoms. The van der Waals surface area contributed by atoms with Crippen molar-refractivity contribution in [3.63, 3.8) is 0 Å². The lowest BCUT2D eigenvalue weighted by molar-refractivity contribution is 0.357. The second kappa shape index (κ2) is 11.3. The van der Waals surface area contributed by atoms with Gasteiger partial charge in [-0.25, -0.2) is 14.8 Å². The van der Waals surface area contributed by atoms with Gasteiger partial charge < -0.3 is 9.52 Å². The molecule has 8 nitrogen and oxygen atoms in total. The monoisotopic (exact) mass is 595 g/mol. The topological polar surface area (TPSA) is 122 Å². The highest BCUT2D eigenvalue weighted by atomic mass is 32.2. The van der Waals surface area contributed by atoms with E-state index in [9.17, 15) is 18.3 Å². The maximum Gasteiger partial charge on any atom is 0.343 e. The van der Waals surface area contributed by atoms with Gasteiger partial charge in [-0.3, -0.25) is 4.72 Å². The first-order chi connectivity index (χ1) is 20.7. The molecule has 0 radical (unpaired) electrons. The third-order valence-corrected chi connectivity index (χ3v) is 9.69. The van der Waals surface area contributed by atoms with Crippen molar-refractivity contribution in [2.45, 2.75) is 56.0 Å². The van der Waals surface area contributed by atoms with Crippen molar-refractivity contribution in [1.82, 2.24) is 9.97 Å². The molecule has 2 heterocycles. The summed E-state index contributed by atoms with van der Waals surface area (Å²) in [5.74, 6) is 0.349. The molecule has 1 aliphatic rings. The van der Waals surface area contributed by atoms with Crippen molar-refractivity contribution in [2.75, 3.05) is 4.72 Å². The summed E-state index contributed by atoms with van der Waals surface area (Å²) in [4.78, 5) is 21.9. The van der Waals surface area contributed by atoms with Crippen LogP contribution in [0.15, 0.2) is 105 Å². The Hall–Kier alpha value is -4.50. The van der Waals surface area contributed by atoms with Crippen LogP contribution in [0.5, 0.6) is 5.75 Å². The molecule has 0 bridgehead atoms. The van der Waals surface area contributed by atoms with E-state index in [0.29, 0.717) is 28.9 Å². The molecule has 9 heteroatoms. The summed E-state index contributed by atoms with van der Waals surface area (Å²) in [5.41, 5.74) is 1.35. The number of rotatable bonds is 10. The van der Waals surface area contributed by atoms with Crippen LogP contribution in [0, 0.1) is 5.92 Å². The summed E-state index contributed by atoms with van der Waals surface area (Å²) in [5, 5.41) is 11.8. The average molecular weight is 596 g/mol. The minimum absolute atomic E-state index is 0.0720. The molecular weight excluding hydrogens is 562 g/mol. The van der Waals surface area contributed by atoms with Gasteiger partial charge in [-0.1, -0.05) is 74.5 Å². The number of nitrogens with zero attached hydrogens (tertiary/aromatic N) is 2. The van der Waals surface area contributed by atoms with Crippen molar-refractivity contribution in [3.8, 4) is 5.75 Å². The standard InChI is InChI=1S/C34H33N3O5S/c1-3-23(18-22-10-5-4-6-11-22)30-20-29(38)31(32(39)42-30)34(2,25-16-17-25)26-13-9-14-27(19-26)37-43(40,41)33-35-21-24-12-7-8-15-28(24)36-33/h4-15,19-21,23,25,37-38H,3,16-18H2,1-2H3. The van der Waals surface area contributed by atoms with Gasteiger partial charge in [0.25, 0.3) is 15.2 Å². The highest BCUT2D eigenvalue weighted by Gasteiger charge is 2.48. The average Bonchev–Trinajstić information content (AvgIpc) is 3.86. The highest BCUT2D eigenvalue weighted by Crippen LogP contribution is 2.52. The Morgan fingerprint density at radius 2 is 1.77 bits per heavy atom. The van der Waals surface area contributed by atoms with E-state index in [1.807, 2.05) is 62.4 Å². The number of aromatic hydroxyl groups is 1. The van der Waals surface area contributed by atoms with Crippen LogP contribution in [0.3, 0.4) is 0 Å². The van der Waals surface area contributed by atoms with E-state index in [1.165, 1.54) is 6.20 Å². The van der Waals surface area contributed by atoms with Crippen LogP contribution in [0.1, 0.15) is 61.5 Å². The fourth-order valence-corrected chi connectivity index (χ4v) is 6.90. The summed E-state index contributed by atoms with van der Waals surface area (Å²) in [7, 11) is -4.10. The lowest BCUT2D eigenvalue weighted by Crippen LogP contribution is -2.33. The number of benzene rings is 3. The highest BCUT2D eigenvalue weighted by molar-refractivity contribution is 7.92. The smallest absolute Gasteiger partial charge is 0.343 e. The first-order valence-corrected chi connectivity index (χ1v) is 15.9. The van der Waals surface area contributed by atoms with Crippen molar-refractivity contribution in [3.05, 3.63) is 124 Å². The molecule has 3 aromatic carbocycles. The Balaban J connectivity index is 1.33. The first kappa shape index (κ1) is 28.6. The molecule has 5 aromatic rings. The Labute approximate surface area is 250 Å². The van der Waals surface area contributed by atoms with E-state index in [2.05, 4.69) is 14.7 Å². The minimum Gasteiger partial charge on any atom is -0.507 e. The van der Waals surface area contributed by atoms with Crippen molar-refractivity contribution in [2.24, 2.45) is 5.92 Å². The minimum atomic E-state index is -4.10. The molecule has 2 aromatic heterocycles. The molecule has 0 aliphatic heterocycles. The number of hydrogen-bond donors (Lipinski definition) is 2. The third kappa shape index (κ3) is 5.64. The number of aromatic nitrogens is 2. The fourth-order valence-electron chi connectivity index (χ4n) is 5.96. The molecule has 2 unspecified atom stereocenters. The van der Waals surface area contributed by atoms with Crippen molar-refractivity contribution >= 4 is 26.6 Å². The Bertz CT molecular complexity index is 1950. The van der Waals surface area contributed by atoms with Gasteiger partial charge in [0, 0.05) is 34.7 Å². The second-order valence-electron chi connectivity index (χ2n) is 11.4. The molecule has 1 aliphatic carbocycles. The van der Waals surface area contributed by atoms with Gasteiger partial charge in [0.15, 0.2) is 0 Å². The van der Waals surface area contributed by atoms with E-state index in [4.69, 9.17) is 4.42 Å². The fraction of sp³-hybridized carbons (Fsp3) is 0.265. The van der Waals surface area contributed by atoms with Gasteiger partial charge in [-0.15, -0.1) is 0 Å². The van der Waals surface area contributed by atoms with Crippen LogP contribution in [-0.2, 0) is 21.9 Å². The lowest BCUT2D eigenvalue weighted by Gasteiger charge is -2.31. The Kier molecular flexibility index (Phi) is 7.52. The summed E-state index contributed by atoms with van der Waals surface area (Å²) >= 11 is 0. The Morgan fingerprint density at radius 3 is 2.49 bits per heavy atom. The van der Waals surface area contributed by atoms with Crippen LogP contribution < -0.4 is 10.3 Å². The second-order valence-corrected chi connectivity index (χ2v) is 12.9. The van der Waals surface area contributed by atoms with E-state index in [0.717, 1.165) is 30.2 Å². The van der Waals surface area contributed by atoms with Crippen LogP contribution >= 0.6 is 0 Å². The third-order valence-electron chi connectivity index (χ3n) is 8.50. The summed E-state index contributed by atoms with van der Waals surface area (Å²) in [6.07, 6.45) is 4.63. The van der Waals surface area contributed by atoms with E-state index in [-0.39, 0.29) is 28.3 Å². The zero-order valence-electron chi connectivity index (χ0n) is 24.0. The van der Waals surface area contributed by atoms with E-state index >= 15 is 0 Å². The number of sulfonamides is 1. The zero-order valence-corrected chi connectivity index (χ0v) is 24.8. The van der Waals surface area contributed by atoms with Crippen LogP contribution in [0.25, 0.3) is 10.9 Å². The van der Waals surface area contributed by atoms with Gasteiger partial charge in [-0.05, 0) is 60.9 Å². The summed E-state index contributed by atoms with van der Waals surface area (Å²) < 4.78 is 35.0. The van der Waals surface area contributed by atoms with Gasteiger partial charge in [-0.2, -0.15) is 8.42 Å². The molecule has 43 heavy (non-hydrogen) atoms. The maximum absolute atomic E-state index is 13.6. The molecule has 2 atom stereocenters. The number of anilines is 1. The van der Waals surface area contributed by atoms with Gasteiger partial charge in [0.05, 0.1) is 11.1 Å². The summed E-state index contributed by atoms with van der Waals surface area (Å²) in [6.45, 7) is 3.94. The Morgan fingerprint density at radius 1 is 1.02 bits per heavy atom. The number of para-hydroxylation sites is 1. The normalized spacial score (nSPS) is 15.6. The van der Waals surface area contributed by atoms with Crippen molar-refractivity contribution < 1.29 is 17.9 Å². The summed E-state index contributed by atoms with van der Waals surface area (Å²) in [6, 6.07) is 25.6. The van der Waals surface area contributed by atoms with Crippen LogP contribution in [0.2, 0.25) is 0 Å². The SMILES string of the molecule is CCC(Cc1ccccc1)c1cc(O)c(C(C)(c2cccc(NS(=O)(=O)c3ncc4ccccc4n3)c2)C2CC2)c(=O)o1. The maximum atomic E-state index is 13.6. The predicted molar refractivity (Wildman–Crippen MR) is 166 cm³/mol. The van der Waals surface area contributed by atoms with Crippen molar-refractivity contribution in [1.29, 1.82) is 0 Å². The number of nitrogens with one attached hydrogen (secondary N) is 1. The van der Waals surface area contributed by atoms with Gasteiger partial charge in [0.2, 0.25) is 0 Å². The first-order valence-electron chi connectivity index (χ1n) is 14.5. The zero-order chi connectivity index (χ0) is 30.2. The molecule has 0 amide bonds. The van der Waals surface area contributed by atoms with E-state index in [1.54, 1.807) is 36.4 Å². The lowest BCUT2D eigenvalue weighted by atomic mass is 9.72.